The van der Waals surface area contributed by atoms with Gasteiger partial charge >= 0.3 is 0 Å². The minimum absolute atomic E-state index is 0.487. The first kappa shape index (κ1) is 16.2. The quantitative estimate of drug-likeness (QED) is 0.722. The molecule has 0 aliphatic rings. The van der Waals surface area contributed by atoms with E-state index < -0.39 is 0 Å². The van der Waals surface area contributed by atoms with E-state index in [0.717, 1.165) is 35.9 Å². The Bertz CT molecular complexity index is 558. The fourth-order valence-electron chi connectivity index (χ4n) is 2.03. The van der Waals surface area contributed by atoms with Gasteiger partial charge < -0.3 is 19.5 Å². The van der Waals surface area contributed by atoms with Crippen LogP contribution in [0.25, 0.3) is 0 Å². The molecule has 0 aromatic heterocycles. The zero-order valence-corrected chi connectivity index (χ0v) is 13.2. The third-order valence-corrected chi connectivity index (χ3v) is 3.19. The van der Waals surface area contributed by atoms with E-state index in [2.05, 4.69) is 12.2 Å². The molecule has 22 heavy (non-hydrogen) atoms. The summed E-state index contributed by atoms with van der Waals surface area (Å²) in [5.41, 5.74) is 1.11. The number of benzene rings is 2. The molecule has 1 N–H and O–H groups in total. The van der Waals surface area contributed by atoms with E-state index in [0.29, 0.717) is 13.2 Å². The molecule has 0 amide bonds. The topological polar surface area (TPSA) is 39.7 Å². The second-order valence-electron chi connectivity index (χ2n) is 4.76. The van der Waals surface area contributed by atoms with Crippen molar-refractivity contribution in [1.82, 2.24) is 5.32 Å². The Hall–Kier alpha value is -2.20. The lowest BCUT2D eigenvalue weighted by molar-refractivity contribution is 0.215. The zero-order chi connectivity index (χ0) is 15.6. The van der Waals surface area contributed by atoms with Crippen LogP contribution in [0.2, 0.25) is 0 Å². The van der Waals surface area contributed by atoms with Gasteiger partial charge in [0, 0.05) is 18.2 Å². The molecule has 0 saturated heterocycles. The molecule has 0 unspecified atom stereocenters. The van der Waals surface area contributed by atoms with Gasteiger partial charge in [-0.2, -0.15) is 0 Å². The summed E-state index contributed by atoms with van der Waals surface area (Å²) in [4.78, 5) is 0. The Morgan fingerprint density at radius 3 is 2.41 bits per heavy atom. The minimum Gasteiger partial charge on any atom is -0.497 e. The Labute approximate surface area is 132 Å². The second kappa shape index (κ2) is 8.95. The average molecular weight is 301 g/mol. The minimum atomic E-state index is 0.487. The average Bonchev–Trinajstić information content (AvgIpc) is 2.58. The van der Waals surface area contributed by atoms with Crippen LogP contribution in [-0.2, 0) is 6.54 Å². The molecular weight excluding hydrogens is 278 g/mol. The number of rotatable bonds is 9. The lowest BCUT2D eigenvalue weighted by Crippen LogP contribution is -2.14. The van der Waals surface area contributed by atoms with Crippen LogP contribution >= 0.6 is 0 Å². The zero-order valence-electron chi connectivity index (χ0n) is 13.2. The molecular formula is C18H23NO3. The second-order valence-corrected chi connectivity index (χ2v) is 4.76. The summed E-state index contributed by atoms with van der Waals surface area (Å²) in [5, 5.41) is 3.31. The van der Waals surface area contributed by atoms with Gasteiger partial charge in [-0.15, -0.1) is 0 Å². The Kier molecular flexibility index (Phi) is 6.58. The SMILES string of the molecule is CCNCc1ccc(OC)cc1OCCOc1ccccc1. The van der Waals surface area contributed by atoms with E-state index in [1.54, 1.807) is 7.11 Å². The third-order valence-electron chi connectivity index (χ3n) is 3.19. The Morgan fingerprint density at radius 1 is 0.909 bits per heavy atom. The molecule has 4 heteroatoms. The molecule has 0 spiro atoms. The summed E-state index contributed by atoms with van der Waals surface area (Å²) in [6.07, 6.45) is 0. The van der Waals surface area contributed by atoms with Gasteiger partial charge in [-0.05, 0) is 24.7 Å². The molecule has 118 valence electrons. The fourth-order valence-corrected chi connectivity index (χ4v) is 2.03. The van der Waals surface area contributed by atoms with Crippen LogP contribution in [0.3, 0.4) is 0 Å². The largest absolute Gasteiger partial charge is 0.497 e. The summed E-state index contributed by atoms with van der Waals surface area (Å²) < 4.78 is 16.7. The van der Waals surface area contributed by atoms with Gasteiger partial charge in [-0.3, -0.25) is 0 Å². The maximum absolute atomic E-state index is 5.85. The van der Waals surface area contributed by atoms with Crippen LogP contribution in [0, 0.1) is 0 Å². The van der Waals surface area contributed by atoms with Crippen molar-refractivity contribution in [2.75, 3.05) is 26.9 Å². The number of ether oxygens (including phenoxy) is 3. The normalized spacial score (nSPS) is 10.3. The molecule has 0 bridgehead atoms. The Morgan fingerprint density at radius 2 is 1.68 bits per heavy atom. The maximum atomic E-state index is 5.85. The number of para-hydroxylation sites is 1. The molecule has 0 atom stereocenters. The summed E-state index contributed by atoms with van der Waals surface area (Å²) in [7, 11) is 1.65. The number of nitrogens with one attached hydrogen (secondary N) is 1. The predicted octanol–water partition coefficient (Wildman–Crippen LogP) is 3.26. The van der Waals surface area contributed by atoms with Crippen molar-refractivity contribution in [3.8, 4) is 17.2 Å². The van der Waals surface area contributed by atoms with Gasteiger partial charge in [0.2, 0.25) is 0 Å². The predicted molar refractivity (Wildman–Crippen MR) is 87.8 cm³/mol. The van der Waals surface area contributed by atoms with E-state index in [-0.39, 0.29) is 0 Å². The van der Waals surface area contributed by atoms with Crippen molar-refractivity contribution in [3.63, 3.8) is 0 Å². The number of hydrogen-bond acceptors (Lipinski definition) is 4. The highest BCUT2D eigenvalue weighted by atomic mass is 16.5. The van der Waals surface area contributed by atoms with Crippen LogP contribution in [0.15, 0.2) is 48.5 Å². The first-order chi connectivity index (χ1) is 10.8. The third kappa shape index (κ3) is 4.97. The summed E-state index contributed by atoms with van der Waals surface area (Å²) in [5.74, 6) is 2.47. The molecule has 4 nitrogen and oxygen atoms in total. The van der Waals surface area contributed by atoms with Gasteiger partial charge in [-0.1, -0.05) is 31.2 Å². The van der Waals surface area contributed by atoms with Gasteiger partial charge in [0.15, 0.2) is 0 Å². The van der Waals surface area contributed by atoms with E-state index in [9.17, 15) is 0 Å². The molecule has 0 aliphatic carbocycles. The standard InChI is InChI=1S/C18H23NO3/c1-3-19-14-15-9-10-17(20-2)13-18(15)22-12-11-21-16-7-5-4-6-8-16/h4-10,13,19H,3,11-12,14H2,1-2H3. The van der Waals surface area contributed by atoms with Gasteiger partial charge in [0.1, 0.15) is 30.5 Å². The molecule has 0 aliphatic heterocycles. The fraction of sp³-hybridized carbons (Fsp3) is 0.333. The first-order valence-electron chi connectivity index (χ1n) is 7.51. The number of hydrogen-bond donors (Lipinski definition) is 1. The van der Waals surface area contributed by atoms with Crippen molar-refractivity contribution in [2.24, 2.45) is 0 Å². The highest BCUT2D eigenvalue weighted by Crippen LogP contribution is 2.24. The van der Waals surface area contributed by atoms with Crippen molar-refractivity contribution >= 4 is 0 Å². The molecule has 2 rings (SSSR count). The highest BCUT2D eigenvalue weighted by molar-refractivity contribution is 5.40. The summed E-state index contributed by atoms with van der Waals surface area (Å²) in [6, 6.07) is 15.6. The van der Waals surface area contributed by atoms with Crippen LogP contribution in [0.1, 0.15) is 12.5 Å². The van der Waals surface area contributed by atoms with Crippen molar-refractivity contribution in [3.05, 3.63) is 54.1 Å². The molecule has 2 aromatic rings. The molecule has 0 heterocycles. The summed E-state index contributed by atoms with van der Waals surface area (Å²) in [6.45, 7) is 4.76. The lowest BCUT2D eigenvalue weighted by Gasteiger charge is -2.14. The van der Waals surface area contributed by atoms with Crippen molar-refractivity contribution < 1.29 is 14.2 Å². The molecule has 0 fully saturated rings. The van der Waals surface area contributed by atoms with Crippen LogP contribution in [-0.4, -0.2) is 26.9 Å². The lowest BCUT2D eigenvalue weighted by atomic mass is 10.2. The Balaban J connectivity index is 1.89. The maximum Gasteiger partial charge on any atom is 0.127 e. The van der Waals surface area contributed by atoms with Gasteiger partial charge in [-0.25, -0.2) is 0 Å². The first-order valence-corrected chi connectivity index (χ1v) is 7.51. The molecule has 0 radical (unpaired) electrons. The molecule has 2 aromatic carbocycles. The smallest absolute Gasteiger partial charge is 0.127 e. The monoisotopic (exact) mass is 301 g/mol. The highest BCUT2D eigenvalue weighted by Gasteiger charge is 2.06. The van der Waals surface area contributed by atoms with Crippen molar-refractivity contribution in [1.29, 1.82) is 0 Å². The van der Waals surface area contributed by atoms with Crippen LogP contribution in [0.5, 0.6) is 17.2 Å². The van der Waals surface area contributed by atoms with Crippen LogP contribution in [0.4, 0.5) is 0 Å². The van der Waals surface area contributed by atoms with Gasteiger partial charge in [0.05, 0.1) is 7.11 Å². The van der Waals surface area contributed by atoms with Crippen LogP contribution < -0.4 is 19.5 Å². The summed E-state index contributed by atoms with van der Waals surface area (Å²) >= 11 is 0. The van der Waals surface area contributed by atoms with E-state index >= 15 is 0 Å². The van der Waals surface area contributed by atoms with Gasteiger partial charge in [0.25, 0.3) is 0 Å². The van der Waals surface area contributed by atoms with E-state index in [1.807, 2.05) is 48.5 Å². The molecule has 0 saturated carbocycles. The number of methoxy groups -OCH3 is 1. The van der Waals surface area contributed by atoms with E-state index in [1.165, 1.54) is 0 Å². The van der Waals surface area contributed by atoms with E-state index in [4.69, 9.17) is 14.2 Å². The van der Waals surface area contributed by atoms with Crippen molar-refractivity contribution in [2.45, 2.75) is 13.5 Å².